The van der Waals surface area contributed by atoms with Gasteiger partial charge in [-0.05, 0) is 36.5 Å². The molecular weight excluding hydrogens is 284 g/mol. The number of carbonyl (C=O) groups is 1. The molecular formula is C17H23ClN2O. The monoisotopic (exact) mass is 306 g/mol. The van der Waals surface area contributed by atoms with Crippen LogP contribution in [0.25, 0.3) is 0 Å². The minimum atomic E-state index is -0.0168. The van der Waals surface area contributed by atoms with Crippen LogP contribution in [0.1, 0.15) is 50.8 Å². The molecule has 1 amide bonds. The van der Waals surface area contributed by atoms with Gasteiger partial charge >= 0.3 is 0 Å². The summed E-state index contributed by atoms with van der Waals surface area (Å²) in [7, 11) is 0. The number of carbonyl (C=O) groups excluding carboxylic acids is 1. The molecule has 0 radical (unpaired) electrons. The zero-order valence-corrected chi connectivity index (χ0v) is 13.3. The maximum atomic E-state index is 12.4. The van der Waals surface area contributed by atoms with Crippen LogP contribution in [0.4, 0.5) is 0 Å². The molecule has 1 aliphatic heterocycles. The van der Waals surface area contributed by atoms with Gasteiger partial charge in [0.25, 0.3) is 0 Å². The number of hydrogen-bond donors (Lipinski definition) is 1. The zero-order valence-electron chi connectivity index (χ0n) is 12.5. The number of halogens is 1. The third kappa shape index (κ3) is 3.09. The summed E-state index contributed by atoms with van der Waals surface area (Å²) in [5, 5.41) is 4.07. The third-order valence-electron chi connectivity index (χ3n) is 4.90. The molecule has 1 N–H and O–H groups in total. The minimum Gasteiger partial charge on any atom is -0.319 e. The summed E-state index contributed by atoms with van der Waals surface area (Å²) in [5.74, 6) is 0.985. The van der Waals surface area contributed by atoms with E-state index in [0.717, 1.165) is 29.3 Å². The molecule has 21 heavy (non-hydrogen) atoms. The van der Waals surface area contributed by atoms with Crippen LogP contribution in [0, 0.1) is 5.92 Å². The van der Waals surface area contributed by atoms with Gasteiger partial charge in [0.1, 0.15) is 6.17 Å². The SMILES string of the molecule is CCC1CCCC(N2C(=O)CNC2c2cccc(Cl)c2)C1. The maximum Gasteiger partial charge on any atom is 0.238 e. The second-order valence-electron chi connectivity index (χ2n) is 6.23. The van der Waals surface area contributed by atoms with Gasteiger partial charge in [0.2, 0.25) is 5.91 Å². The standard InChI is InChI=1S/C17H23ClN2O/c1-2-12-5-3-8-15(9-12)20-16(21)11-19-17(20)13-6-4-7-14(18)10-13/h4,6-7,10,12,15,17,19H,2-3,5,8-9,11H2,1H3. The van der Waals surface area contributed by atoms with E-state index in [-0.39, 0.29) is 12.1 Å². The van der Waals surface area contributed by atoms with Crippen molar-refractivity contribution in [2.75, 3.05) is 6.54 Å². The lowest BCUT2D eigenvalue weighted by molar-refractivity contribution is -0.131. The van der Waals surface area contributed by atoms with E-state index in [1.807, 2.05) is 18.2 Å². The largest absolute Gasteiger partial charge is 0.319 e. The van der Waals surface area contributed by atoms with E-state index in [9.17, 15) is 4.79 Å². The van der Waals surface area contributed by atoms with Gasteiger partial charge in [-0.2, -0.15) is 0 Å². The number of amides is 1. The van der Waals surface area contributed by atoms with Crippen molar-refractivity contribution in [2.45, 2.75) is 51.2 Å². The molecule has 1 aliphatic carbocycles. The Bertz CT molecular complexity index is 519. The fraction of sp³-hybridized carbons (Fsp3) is 0.588. The van der Waals surface area contributed by atoms with E-state index in [2.05, 4.69) is 23.2 Å². The van der Waals surface area contributed by atoms with Crippen LogP contribution in [-0.4, -0.2) is 23.4 Å². The Balaban J connectivity index is 1.82. The molecule has 0 aromatic heterocycles. The summed E-state index contributed by atoms with van der Waals surface area (Å²) in [4.78, 5) is 14.4. The Morgan fingerprint density at radius 2 is 2.24 bits per heavy atom. The minimum absolute atomic E-state index is 0.0168. The Labute approximate surface area is 131 Å². The molecule has 1 saturated carbocycles. The average Bonchev–Trinajstić information content (AvgIpc) is 2.89. The van der Waals surface area contributed by atoms with Gasteiger partial charge < -0.3 is 4.90 Å². The fourth-order valence-corrected chi connectivity index (χ4v) is 3.97. The molecule has 1 heterocycles. The van der Waals surface area contributed by atoms with Crippen LogP contribution >= 0.6 is 11.6 Å². The molecule has 1 aromatic rings. The summed E-state index contributed by atoms with van der Waals surface area (Å²) in [6.07, 6.45) is 6.01. The molecule has 3 atom stereocenters. The predicted octanol–water partition coefficient (Wildman–Crippen LogP) is 3.74. The van der Waals surface area contributed by atoms with Crippen LogP contribution in [0.5, 0.6) is 0 Å². The highest BCUT2D eigenvalue weighted by Gasteiger charge is 2.38. The number of benzene rings is 1. The smallest absolute Gasteiger partial charge is 0.238 e. The quantitative estimate of drug-likeness (QED) is 0.922. The Morgan fingerprint density at radius 3 is 3.00 bits per heavy atom. The molecule has 3 unspecified atom stereocenters. The Kier molecular flexibility index (Phi) is 4.51. The zero-order chi connectivity index (χ0) is 14.8. The topological polar surface area (TPSA) is 32.3 Å². The van der Waals surface area contributed by atoms with Crippen molar-refractivity contribution in [3.8, 4) is 0 Å². The van der Waals surface area contributed by atoms with Crippen LogP contribution in [0.2, 0.25) is 5.02 Å². The lowest BCUT2D eigenvalue weighted by atomic mass is 9.83. The fourth-order valence-electron chi connectivity index (χ4n) is 3.77. The highest BCUT2D eigenvalue weighted by Crippen LogP contribution is 2.35. The van der Waals surface area contributed by atoms with E-state index in [1.165, 1.54) is 19.3 Å². The van der Waals surface area contributed by atoms with Crippen molar-refractivity contribution in [2.24, 2.45) is 5.92 Å². The van der Waals surface area contributed by atoms with Crippen molar-refractivity contribution < 1.29 is 4.79 Å². The number of rotatable bonds is 3. The molecule has 114 valence electrons. The lowest BCUT2D eigenvalue weighted by Crippen LogP contribution is -2.42. The van der Waals surface area contributed by atoms with Crippen LogP contribution in [0.3, 0.4) is 0 Å². The second kappa shape index (κ2) is 6.37. The first kappa shape index (κ1) is 14.9. The van der Waals surface area contributed by atoms with Gasteiger partial charge in [-0.3, -0.25) is 10.1 Å². The molecule has 1 saturated heterocycles. The molecule has 1 aromatic carbocycles. The van der Waals surface area contributed by atoms with Crippen molar-refractivity contribution in [3.05, 3.63) is 34.9 Å². The van der Waals surface area contributed by atoms with Gasteiger partial charge in [0.15, 0.2) is 0 Å². The van der Waals surface area contributed by atoms with Crippen LogP contribution < -0.4 is 5.32 Å². The highest BCUT2D eigenvalue weighted by atomic mass is 35.5. The lowest BCUT2D eigenvalue weighted by Gasteiger charge is -2.38. The normalized spacial score (nSPS) is 29.9. The molecule has 3 rings (SSSR count). The van der Waals surface area contributed by atoms with Crippen molar-refractivity contribution in [1.29, 1.82) is 0 Å². The molecule has 2 aliphatic rings. The van der Waals surface area contributed by atoms with Gasteiger partial charge in [0.05, 0.1) is 6.54 Å². The van der Waals surface area contributed by atoms with Crippen molar-refractivity contribution in [3.63, 3.8) is 0 Å². The summed E-state index contributed by atoms with van der Waals surface area (Å²) >= 11 is 6.11. The number of hydrogen-bond acceptors (Lipinski definition) is 2. The molecule has 0 spiro atoms. The number of nitrogens with zero attached hydrogens (tertiary/aromatic N) is 1. The molecule has 0 bridgehead atoms. The number of nitrogens with one attached hydrogen (secondary N) is 1. The van der Waals surface area contributed by atoms with E-state index in [0.29, 0.717) is 12.6 Å². The predicted molar refractivity (Wildman–Crippen MR) is 85.1 cm³/mol. The highest BCUT2D eigenvalue weighted by molar-refractivity contribution is 6.30. The molecule has 3 nitrogen and oxygen atoms in total. The first-order valence-corrected chi connectivity index (χ1v) is 8.37. The van der Waals surface area contributed by atoms with Gasteiger partial charge in [-0.25, -0.2) is 0 Å². The Morgan fingerprint density at radius 1 is 1.38 bits per heavy atom. The van der Waals surface area contributed by atoms with Crippen molar-refractivity contribution in [1.82, 2.24) is 10.2 Å². The van der Waals surface area contributed by atoms with Crippen LogP contribution in [0.15, 0.2) is 24.3 Å². The summed E-state index contributed by atoms with van der Waals surface area (Å²) < 4.78 is 0. The van der Waals surface area contributed by atoms with Gasteiger partial charge in [-0.15, -0.1) is 0 Å². The molecule has 2 fully saturated rings. The van der Waals surface area contributed by atoms with E-state index in [4.69, 9.17) is 11.6 Å². The van der Waals surface area contributed by atoms with Crippen LogP contribution in [-0.2, 0) is 4.79 Å². The van der Waals surface area contributed by atoms with Gasteiger partial charge in [0, 0.05) is 11.1 Å². The van der Waals surface area contributed by atoms with Crippen molar-refractivity contribution >= 4 is 17.5 Å². The third-order valence-corrected chi connectivity index (χ3v) is 5.14. The van der Waals surface area contributed by atoms with E-state index in [1.54, 1.807) is 0 Å². The summed E-state index contributed by atoms with van der Waals surface area (Å²) in [6, 6.07) is 8.21. The van der Waals surface area contributed by atoms with E-state index >= 15 is 0 Å². The van der Waals surface area contributed by atoms with Gasteiger partial charge in [-0.1, -0.05) is 49.9 Å². The second-order valence-corrected chi connectivity index (χ2v) is 6.67. The average molecular weight is 307 g/mol. The summed E-state index contributed by atoms with van der Waals surface area (Å²) in [5.41, 5.74) is 1.09. The first-order chi connectivity index (χ1) is 10.2. The molecule has 4 heteroatoms. The summed E-state index contributed by atoms with van der Waals surface area (Å²) in [6.45, 7) is 2.69. The Hall–Kier alpha value is -1.06. The first-order valence-electron chi connectivity index (χ1n) is 7.99. The maximum absolute atomic E-state index is 12.4. The van der Waals surface area contributed by atoms with E-state index < -0.39 is 0 Å².